The molecule has 1 aliphatic carbocycles. The third-order valence-electron chi connectivity index (χ3n) is 5.31. The fourth-order valence-corrected chi connectivity index (χ4v) is 3.77. The lowest BCUT2D eigenvalue weighted by atomic mass is 9.84. The Hall–Kier alpha value is -0.830. The van der Waals surface area contributed by atoms with Crippen molar-refractivity contribution in [3.63, 3.8) is 0 Å². The third kappa shape index (κ3) is 4.09. The average Bonchev–Trinajstić information content (AvgIpc) is 2.72. The molecule has 3 heteroatoms. The molecule has 0 aromatic carbocycles. The van der Waals surface area contributed by atoms with E-state index >= 15 is 0 Å². The first kappa shape index (κ1) is 16.5. The Morgan fingerprint density at radius 2 is 2.10 bits per heavy atom. The van der Waals surface area contributed by atoms with E-state index in [4.69, 9.17) is 5.73 Å². The molecule has 1 saturated carbocycles. The quantitative estimate of drug-likeness (QED) is 0.835. The first-order chi connectivity index (χ1) is 9.97. The number of nitrogens with zero attached hydrogens (tertiary/aromatic N) is 2. The topological polar surface area (TPSA) is 43.8 Å². The van der Waals surface area contributed by atoms with Gasteiger partial charge in [0, 0.05) is 24.2 Å². The summed E-state index contributed by atoms with van der Waals surface area (Å²) in [6.45, 7) is 9.99. The van der Waals surface area contributed by atoms with Gasteiger partial charge in [0.25, 0.3) is 0 Å². The van der Waals surface area contributed by atoms with E-state index in [1.807, 2.05) is 0 Å². The van der Waals surface area contributed by atoms with Crippen molar-refractivity contribution in [1.29, 1.82) is 0 Å². The Labute approximate surface area is 130 Å². The monoisotopic (exact) mass is 291 g/mol. The lowest BCUT2D eigenvalue weighted by Crippen LogP contribution is -2.42. The van der Waals surface area contributed by atoms with Gasteiger partial charge in [-0.2, -0.15) is 5.10 Å². The number of hydrogen-bond donors (Lipinski definition) is 1. The van der Waals surface area contributed by atoms with Crippen LogP contribution < -0.4 is 5.73 Å². The number of hydrogen-bond acceptors (Lipinski definition) is 2. The highest BCUT2D eigenvalue weighted by molar-refractivity contribution is 5.14. The molecule has 2 N–H and O–H groups in total. The van der Waals surface area contributed by atoms with Gasteiger partial charge < -0.3 is 5.73 Å². The van der Waals surface area contributed by atoms with Crippen LogP contribution in [0, 0.1) is 11.8 Å². The van der Waals surface area contributed by atoms with E-state index in [1.165, 1.54) is 30.7 Å². The molecular formula is C18H33N3. The summed E-state index contributed by atoms with van der Waals surface area (Å²) in [7, 11) is 0. The Morgan fingerprint density at radius 3 is 2.71 bits per heavy atom. The van der Waals surface area contributed by atoms with E-state index in [1.54, 1.807) is 0 Å². The zero-order valence-corrected chi connectivity index (χ0v) is 14.4. The molecule has 1 fully saturated rings. The summed E-state index contributed by atoms with van der Waals surface area (Å²) in [6.07, 6.45) is 8.23. The Balaban J connectivity index is 2.08. The molecule has 21 heavy (non-hydrogen) atoms. The molecule has 0 saturated heterocycles. The van der Waals surface area contributed by atoms with Crippen LogP contribution in [0.25, 0.3) is 0 Å². The Bertz CT molecular complexity index is 449. The lowest BCUT2D eigenvalue weighted by molar-refractivity contribution is 0.318. The van der Waals surface area contributed by atoms with Crippen LogP contribution >= 0.6 is 0 Å². The van der Waals surface area contributed by atoms with E-state index in [9.17, 15) is 0 Å². The van der Waals surface area contributed by atoms with Gasteiger partial charge in [0.15, 0.2) is 0 Å². The summed E-state index contributed by atoms with van der Waals surface area (Å²) in [5, 5.41) is 4.67. The van der Waals surface area contributed by atoms with Crippen molar-refractivity contribution in [3.8, 4) is 0 Å². The molecule has 3 nitrogen and oxygen atoms in total. The van der Waals surface area contributed by atoms with E-state index in [-0.39, 0.29) is 5.54 Å². The minimum Gasteiger partial charge on any atom is -0.325 e. The molecule has 0 spiro atoms. The van der Waals surface area contributed by atoms with Crippen molar-refractivity contribution in [2.75, 3.05) is 0 Å². The first-order valence-corrected chi connectivity index (χ1v) is 8.82. The zero-order valence-electron chi connectivity index (χ0n) is 14.4. The SMILES string of the molecule is CCc1cc(CC2(N)CCCC(C(C)C)CC2)n(CC)n1. The molecule has 2 atom stereocenters. The maximum Gasteiger partial charge on any atom is 0.0624 e. The second-order valence-corrected chi connectivity index (χ2v) is 7.27. The van der Waals surface area contributed by atoms with Gasteiger partial charge in [0.1, 0.15) is 0 Å². The van der Waals surface area contributed by atoms with Gasteiger partial charge in [-0.05, 0) is 50.5 Å². The third-order valence-corrected chi connectivity index (χ3v) is 5.31. The van der Waals surface area contributed by atoms with Gasteiger partial charge in [0.05, 0.1) is 5.69 Å². The van der Waals surface area contributed by atoms with Gasteiger partial charge in [-0.25, -0.2) is 0 Å². The van der Waals surface area contributed by atoms with Crippen LogP contribution in [0.5, 0.6) is 0 Å². The normalized spacial score (nSPS) is 27.0. The number of nitrogens with two attached hydrogens (primary N) is 1. The molecule has 1 aromatic heterocycles. The summed E-state index contributed by atoms with van der Waals surface area (Å²) in [5.41, 5.74) is 9.29. The van der Waals surface area contributed by atoms with Gasteiger partial charge in [-0.15, -0.1) is 0 Å². The summed E-state index contributed by atoms with van der Waals surface area (Å²) >= 11 is 0. The van der Waals surface area contributed by atoms with E-state index in [0.717, 1.165) is 44.1 Å². The van der Waals surface area contributed by atoms with Gasteiger partial charge >= 0.3 is 0 Å². The lowest BCUT2D eigenvalue weighted by Gasteiger charge is -2.28. The summed E-state index contributed by atoms with van der Waals surface area (Å²) in [6, 6.07) is 2.27. The molecular weight excluding hydrogens is 258 g/mol. The highest BCUT2D eigenvalue weighted by Gasteiger charge is 2.31. The van der Waals surface area contributed by atoms with Gasteiger partial charge in [-0.1, -0.05) is 33.6 Å². The summed E-state index contributed by atoms with van der Waals surface area (Å²) in [5.74, 6) is 1.65. The van der Waals surface area contributed by atoms with Crippen LogP contribution in [0.1, 0.15) is 71.2 Å². The second-order valence-electron chi connectivity index (χ2n) is 7.27. The number of aromatic nitrogens is 2. The second kappa shape index (κ2) is 6.95. The van der Waals surface area contributed by atoms with E-state index in [0.29, 0.717) is 0 Å². The van der Waals surface area contributed by atoms with Crippen molar-refractivity contribution in [2.24, 2.45) is 17.6 Å². The maximum absolute atomic E-state index is 6.79. The van der Waals surface area contributed by atoms with Crippen LogP contribution in [0.15, 0.2) is 6.07 Å². The molecule has 1 heterocycles. The summed E-state index contributed by atoms with van der Waals surface area (Å²) in [4.78, 5) is 0. The zero-order chi connectivity index (χ0) is 15.5. The Morgan fingerprint density at radius 1 is 1.33 bits per heavy atom. The van der Waals surface area contributed by atoms with Crippen molar-refractivity contribution in [1.82, 2.24) is 9.78 Å². The molecule has 0 bridgehead atoms. The molecule has 2 rings (SSSR count). The molecule has 1 aromatic rings. The molecule has 2 unspecified atom stereocenters. The van der Waals surface area contributed by atoms with Crippen LogP contribution in [0.3, 0.4) is 0 Å². The molecule has 0 amide bonds. The van der Waals surface area contributed by atoms with Crippen LogP contribution in [-0.4, -0.2) is 15.3 Å². The highest BCUT2D eigenvalue weighted by Crippen LogP contribution is 2.34. The largest absolute Gasteiger partial charge is 0.325 e. The van der Waals surface area contributed by atoms with E-state index < -0.39 is 0 Å². The number of aryl methyl sites for hydroxylation is 2. The average molecular weight is 291 g/mol. The minimum atomic E-state index is -0.0262. The minimum absolute atomic E-state index is 0.0262. The van der Waals surface area contributed by atoms with Crippen LogP contribution in [-0.2, 0) is 19.4 Å². The van der Waals surface area contributed by atoms with Gasteiger partial charge in [0.2, 0.25) is 0 Å². The standard InChI is InChI=1S/C18H33N3/c1-5-16-12-17(21(6-2)20-16)13-18(19)10-7-8-15(9-11-18)14(3)4/h12,14-15H,5-11,13,19H2,1-4H3. The fourth-order valence-electron chi connectivity index (χ4n) is 3.77. The van der Waals surface area contributed by atoms with Crippen LogP contribution in [0.4, 0.5) is 0 Å². The number of rotatable bonds is 5. The highest BCUT2D eigenvalue weighted by atomic mass is 15.3. The van der Waals surface area contributed by atoms with Crippen LogP contribution in [0.2, 0.25) is 0 Å². The van der Waals surface area contributed by atoms with Gasteiger partial charge in [-0.3, -0.25) is 4.68 Å². The maximum atomic E-state index is 6.79. The predicted octanol–water partition coefficient (Wildman–Crippen LogP) is 3.94. The van der Waals surface area contributed by atoms with Crippen molar-refractivity contribution >= 4 is 0 Å². The molecule has 1 aliphatic rings. The first-order valence-electron chi connectivity index (χ1n) is 8.82. The fraction of sp³-hybridized carbons (Fsp3) is 0.833. The Kier molecular flexibility index (Phi) is 5.48. The molecule has 0 aliphatic heterocycles. The smallest absolute Gasteiger partial charge is 0.0624 e. The predicted molar refractivity (Wildman–Crippen MR) is 89.3 cm³/mol. The van der Waals surface area contributed by atoms with Crippen molar-refractivity contribution in [3.05, 3.63) is 17.5 Å². The summed E-state index contributed by atoms with van der Waals surface area (Å²) < 4.78 is 2.15. The molecule has 120 valence electrons. The van der Waals surface area contributed by atoms with E-state index in [2.05, 4.69) is 43.5 Å². The van der Waals surface area contributed by atoms with Crippen molar-refractivity contribution < 1.29 is 0 Å². The molecule has 0 radical (unpaired) electrons. The van der Waals surface area contributed by atoms with Crippen molar-refractivity contribution in [2.45, 2.75) is 84.7 Å².